The molecule has 2 fully saturated rings. The van der Waals surface area contributed by atoms with Crippen LogP contribution in [-0.2, 0) is 0 Å². The number of nitrogens with zero attached hydrogens (tertiary/aromatic N) is 2. The van der Waals surface area contributed by atoms with Gasteiger partial charge in [0, 0.05) is 77.1 Å². The molecule has 2 aromatic carbocycles. The maximum Gasteiger partial charge on any atom is 0.0474 e. The largest absolute Gasteiger partial charge is 0.368 e. The van der Waals surface area contributed by atoms with E-state index in [1.807, 2.05) is 12.3 Å². The van der Waals surface area contributed by atoms with Crippen molar-refractivity contribution in [3.63, 3.8) is 0 Å². The van der Waals surface area contributed by atoms with Crippen LogP contribution in [0.5, 0.6) is 0 Å². The lowest BCUT2D eigenvalue weighted by Gasteiger charge is -2.42. The number of aromatic nitrogens is 2. The molecule has 4 nitrogen and oxygen atoms in total. The second-order valence-corrected chi connectivity index (χ2v) is 9.61. The molecule has 1 aliphatic carbocycles. The third-order valence-electron chi connectivity index (χ3n) is 7.56. The fourth-order valence-electron chi connectivity index (χ4n) is 5.88. The molecule has 31 heavy (non-hydrogen) atoms. The Balaban J connectivity index is 1.09. The average molecular weight is 433 g/mol. The maximum absolute atomic E-state index is 6.27. The Morgan fingerprint density at radius 3 is 2.45 bits per heavy atom. The number of H-pyrrole nitrogens is 2. The number of fused-ring (bicyclic) bond motifs is 2. The van der Waals surface area contributed by atoms with E-state index in [-0.39, 0.29) is 0 Å². The molecule has 0 spiro atoms. The molecule has 3 heterocycles. The van der Waals surface area contributed by atoms with Crippen LogP contribution in [0.25, 0.3) is 21.8 Å². The highest BCUT2D eigenvalue weighted by Gasteiger charge is 2.30. The van der Waals surface area contributed by atoms with Gasteiger partial charge >= 0.3 is 0 Å². The van der Waals surface area contributed by atoms with Crippen molar-refractivity contribution in [1.82, 2.24) is 14.9 Å². The molecular weight excluding hydrogens is 404 g/mol. The smallest absolute Gasteiger partial charge is 0.0474 e. The molecule has 2 aliphatic rings. The zero-order chi connectivity index (χ0) is 20.8. The fraction of sp³-hybridized carbons (Fsp3) is 0.385. The second-order valence-electron chi connectivity index (χ2n) is 9.18. The standard InChI is InChI=1S/C26H29ClN4/c27-19-6-9-25-22(16-19)23(17-29-25)18-4-7-20(8-5-18)30-12-14-31(15-13-30)26-3-1-2-24-21(26)10-11-28-24/h1-3,6,9-11,16-18,20,28-29H,4-5,7-8,12-15H2/t18-,20+. The Bertz CT molecular complexity index is 1190. The molecule has 5 heteroatoms. The monoisotopic (exact) mass is 432 g/mol. The number of nitrogens with one attached hydrogen (secondary N) is 2. The van der Waals surface area contributed by atoms with Crippen molar-refractivity contribution in [3.8, 4) is 0 Å². The lowest BCUT2D eigenvalue weighted by molar-refractivity contribution is 0.141. The number of hydrogen-bond donors (Lipinski definition) is 2. The first-order chi connectivity index (χ1) is 15.3. The fourth-order valence-corrected chi connectivity index (χ4v) is 6.05. The van der Waals surface area contributed by atoms with Gasteiger partial charge in [0.1, 0.15) is 0 Å². The molecule has 0 unspecified atom stereocenters. The molecule has 2 N–H and O–H groups in total. The summed E-state index contributed by atoms with van der Waals surface area (Å²) in [6.07, 6.45) is 9.40. The van der Waals surface area contributed by atoms with Crippen molar-refractivity contribution in [3.05, 3.63) is 65.4 Å². The van der Waals surface area contributed by atoms with Crippen LogP contribution in [0, 0.1) is 0 Å². The number of anilines is 1. The first-order valence-corrected chi connectivity index (χ1v) is 12.0. The van der Waals surface area contributed by atoms with Crippen molar-refractivity contribution in [2.24, 2.45) is 0 Å². The summed E-state index contributed by atoms with van der Waals surface area (Å²) in [6, 6.07) is 15.7. The quantitative estimate of drug-likeness (QED) is 0.407. The molecular formula is C26H29ClN4. The Kier molecular flexibility index (Phi) is 4.92. The van der Waals surface area contributed by atoms with E-state index in [0.29, 0.717) is 5.92 Å². The van der Waals surface area contributed by atoms with E-state index in [0.717, 1.165) is 24.2 Å². The van der Waals surface area contributed by atoms with Crippen molar-refractivity contribution in [2.45, 2.75) is 37.6 Å². The molecule has 0 bridgehead atoms. The van der Waals surface area contributed by atoms with E-state index in [1.54, 1.807) is 0 Å². The van der Waals surface area contributed by atoms with E-state index in [2.05, 4.69) is 62.4 Å². The van der Waals surface area contributed by atoms with Crippen LogP contribution in [0.3, 0.4) is 0 Å². The van der Waals surface area contributed by atoms with Crippen LogP contribution >= 0.6 is 11.6 Å². The van der Waals surface area contributed by atoms with Crippen LogP contribution in [-0.4, -0.2) is 47.1 Å². The van der Waals surface area contributed by atoms with Crippen molar-refractivity contribution >= 4 is 39.1 Å². The van der Waals surface area contributed by atoms with E-state index >= 15 is 0 Å². The zero-order valence-electron chi connectivity index (χ0n) is 17.8. The molecule has 0 amide bonds. The van der Waals surface area contributed by atoms with Gasteiger partial charge in [-0.3, -0.25) is 4.90 Å². The van der Waals surface area contributed by atoms with Crippen LogP contribution < -0.4 is 4.90 Å². The Morgan fingerprint density at radius 2 is 1.61 bits per heavy atom. The van der Waals surface area contributed by atoms with Gasteiger partial charge in [-0.05, 0) is 73.6 Å². The van der Waals surface area contributed by atoms with Gasteiger partial charge in [-0.25, -0.2) is 0 Å². The number of piperazine rings is 1. The average Bonchev–Trinajstić information content (AvgIpc) is 3.46. The maximum atomic E-state index is 6.27. The minimum absolute atomic E-state index is 0.649. The van der Waals surface area contributed by atoms with E-state index in [9.17, 15) is 0 Å². The Hall–Kier alpha value is -2.43. The summed E-state index contributed by atoms with van der Waals surface area (Å²) >= 11 is 6.27. The SMILES string of the molecule is Clc1ccc2[nH]cc([C@H]3CC[C@@H](N4CCN(c5cccc6[nH]ccc56)CC4)CC3)c2c1. The van der Waals surface area contributed by atoms with Crippen molar-refractivity contribution in [2.75, 3.05) is 31.1 Å². The van der Waals surface area contributed by atoms with E-state index in [1.165, 1.54) is 71.8 Å². The van der Waals surface area contributed by atoms with Gasteiger partial charge in [-0.15, -0.1) is 0 Å². The predicted octanol–water partition coefficient (Wildman–Crippen LogP) is 6.15. The number of hydrogen-bond acceptors (Lipinski definition) is 2. The minimum atomic E-state index is 0.649. The molecule has 0 atom stereocenters. The highest BCUT2D eigenvalue weighted by molar-refractivity contribution is 6.31. The normalized spacial score (nSPS) is 23.1. The summed E-state index contributed by atoms with van der Waals surface area (Å²) in [6.45, 7) is 4.56. The Morgan fingerprint density at radius 1 is 0.806 bits per heavy atom. The predicted molar refractivity (Wildman–Crippen MR) is 130 cm³/mol. The summed E-state index contributed by atoms with van der Waals surface area (Å²) in [5.74, 6) is 0.649. The third-order valence-corrected chi connectivity index (χ3v) is 7.79. The van der Waals surface area contributed by atoms with Gasteiger partial charge in [-0.1, -0.05) is 17.7 Å². The van der Waals surface area contributed by atoms with E-state index in [4.69, 9.17) is 11.6 Å². The lowest BCUT2D eigenvalue weighted by atomic mass is 9.81. The number of rotatable bonds is 3. The molecule has 160 valence electrons. The summed E-state index contributed by atoms with van der Waals surface area (Å²) in [4.78, 5) is 12.1. The second kappa shape index (κ2) is 7.92. The molecule has 1 saturated carbocycles. The van der Waals surface area contributed by atoms with Gasteiger partial charge in [0.05, 0.1) is 0 Å². The van der Waals surface area contributed by atoms with Gasteiger partial charge in [0.15, 0.2) is 0 Å². The third kappa shape index (κ3) is 3.52. The molecule has 1 aliphatic heterocycles. The number of benzene rings is 2. The summed E-state index contributed by atoms with van der Waals surface area (Å²) in [5.41, 5.74) is 5.27. The highest BCUT2D eigenvalue weighted by atomic mass is 35.5. The van der Waals surface area contributed by atoms with Crippen LogP contribution in [0.4, 0.5) is 5.69 Å². The topological polar surface area (TPSA) is 38.1 Å². The van der Waals surface area contributed by atoms with Gasteiger partial charge in [0.2, 0.25) is 0 Å². The summed E-state index contributed by atoms with van der Waals surface area (Å²) in [7, 11) is 0. The van der Waals surface area contributed by atoms with Crippen LogP contribution in [0.2, 0.25) is 5.02 Å². The van der Waals surface area contributed by atoms with Crippen LogP contribution in [0.1, 0.15) is 37.2 Å². The minimum Gasteiger partial charge on any atom is -0.368 e. The highest BCUT2D eigenvalue weighted by Crippen LogP contribution is 2.39. The van der Waals surface area contributed by atoms with E-state index < -0.39 is 0 Å². The van der Waals surface area contributed by atoms with Crippen molar-refractivity contribution in [1.29, 1.82) is 0 Å². The lowest BCUT2D eigenvalue weighted by Crippen LogP contribution is -2.51. The molecule has 2 aromatic heterocycles. The van der Waals surface area contributed by atoms with Gasteiger partial charge in [0.25, 0.3) is 0 Å². The molecule has 6 rings (SSSR count). The molecule has 0 radical (unpaired) electrons. The molecule has 1 saturated heterocycles. The van der Waals surface area contributed by atoms with Gasteiger partial charge < -0.3 is 14.9 Å². The summed E-state index contributed by atoms with van der Waals surface area (Å²) < 4.78 is 0. The molecule has 4 aromatic rings. The van der Waals surface area contributed by atoms with Crippen molar-refractivity contribution < 1.29 is 0 Å². The zero-order valence-corrected chi connectivity index (χ0v) is 18.5. The Labute approximate surface area is 188 Å². The summed E-state index contributed by atoms with van der Waals surface area (Å²) in [5, 5.41) is 3.48. The van der Waals surface area contributed by atoms with Crippen LogP contribution in [0.15, 0.2) is 54.9 Å². The first kappa shape index (κ1) is 19.3. The number of aromatic amines is 2. The first-order valence-electron chi connectivity index (χ1n) is 11.6. The van der Waals surface area contributed by atoms with Gasteiger partial charge in [-0.2, -0.15) is 0 Å². The number of halogens is 1.